The monoisotopic (exact) mass is 558 g/mol. The minimum Gasteiger partial charge on any atom is -0.497 e. The van der Waals surface area contributed by atoms with Crippen LogP contribution in [-0.4, -0.2) is 79.4 Å². The number of carbonyl (C=O) groups excluding carboxylic acids is 1. The first kappa shape index (κ1) is 31.7. The number of piperazine rings is 1. The summed E-state index contributed by atoms with van der Waals surface area (Å²) < 4.78 is 10.6. The minimum atomic E-state index is 0.0453. The molecule has 5 rings (SSSR count). The second kappa shape index (κ2) is 16.4. The van der Waals surface area contributed by atoms with Gasteiger partial charge in [-0.05, 0) is 49.7 Å². The average Bonchev–Trinajstić information content (AvgIpc) is 3.01. The van der Waals surface area contributed by atoms with E-state index in [0.29, 0.717) is 13.1 Å². The Bertz CT molecular complexity index is 1220. The predicted molar refractivity (Wildman–Crippen MR) is 168 cm³/mol. The van der Waals surface area contributed by atoms with Gasteiger partial charge in [0.2, 0.25) is 0 Å². The molecule has 1 fully saturated rings. The minimum absolute atomic E-state index is 0.0453. The zero-order valence-corrected chi connectivity index (χ0v) is 25.5. The summed E-state index contributed by atoms with van der Waals surface area (Å²) in [4.78, 5) is 24.0. The molecule has 0 radical (unpaired) electrons. The highest BCUT2D eigenvalue weighted by Crippen LogP contribution is 2.27. The first-order chi connectivity index (χ1) is 19.9. The lowest BCUT2D eigenvalue weighted by molar-refractivity contribution is -0.135. The first-order valence-corrected chi connectivity index (χ1v) is 14.5. The molecular formula is C34H46N4O3. The lowest BCUT2D eigenvalue weighted by atomic mass is 10.1. The van der Waals surface area contributed by atoms with Gasteiger partial charge in [0.05, 0.1) is 18.8 Å². The Morgan fingerprint density at radius 2 is 1.49 bits per heavy atom. The van der Waals surface area contributed by atoms with E-state index in [9.17, 15) is 4.79 Å². The maximum Gasteiger partial charge on any atom is 0.260 e. The molecule has 1 saturated heterocycles. The smallest absolute Gasteiger partial charge is 0.260 e. The molecule has 0 saturated carbocycles. The number of hydrogen-bond donors (Lipinski definition) is 0. The van der Waals surface area contributed by atoms with Gasteiger partial charge in [0.25, 0.3) is 5.91 Å². The largest absolute Gasteiger partial charge is 0.497 e. The van der Waals surface area contributed by atoms with Crippen molar-refractivity contribution in [2.45, 2.75) is 46.7 Å². The molecule has 7 nitrogen and oxygen atoms in total. The summed E-state index contributed by atoms with van der Waals surface area (Å²) in [5, 5.41) is 0. The summed E-state index contributed by atoms with van der Waals surface area (Å²) in [6, 6.07) is 26.0. The number of ether oxygens (including phenoxy) is 2. The van der Waals surface area contributed by atoms with Crippen LogP contribution in [0.1, 0.15) is 38.3 Å². The molecule has 0 aliphatic carbocycles. The third kappa shape index (κ3) is 9.64. The number of aryl methyl sites for hydroxylation is 1. The van der Waals surface area contributed by atoms with Crippen LogP contribution in [0.25, 0.3) is 0 Å². The molecule has 1 amide bonds. The van der Waals surface area contributed by atoms with E-state index in [4.69, 9.17) is 14.5 Å². The number of aliphatic imine (C=N–C) groups is 1. The van der Waals surface area contributed by atoms with Crippen molar-refractivity contribution < 1.29 is 14.3 Å². The molecule has 0 N–H and O–H groups in total. The van der Waals surface area contributed by atoms with Gasteiger partial charge in [-0.15, -0.1) is 0 Å². The van der Waals surface area contributed by atoms with E-state index >= 15 is 0 Å². The van der Waals surface area contributed by atoms with Gasteiger partial charge in [0.1, 0.15) is 17.3 Å². The molecule has 2 aliphatic heterocycles. The van der Waals surface area contributed by atoms with Crippen LogP contribution >= 0.6 is 0 Å². The number of nitrogens with zero attached hydrogens (tertiary/aromatic N) is 4. The van der Waals surface area contributed by atoms with Gasteiger partial charge in [-0.25, -0.2) is 4.99 Å². The van der Waals surface area contributed by atoms with Crippen LogP contribution in [0, 0.1) is 6.92 Å². The van der Waals surface area contributed by atoms with Gasteiger partial charge >= 0.3 is 0 Å². The topological polar surface area (TPSA) is 57.6 Å². The Balaban J connectivity index is 0.000000354. The summed E-state index contributed by atoms with van der Waals surface area (Å²) in [6.45, 7) is 12.6. The Kier molecular flexibility index (Phi) is 12.7. The molecular weight excluding hydrogens is 512 g/mol. The highest BCUT2D eigenvalue weighted by molar-refractivity contribution is 5.91. The van der Waals surface area contributed by atoms with Gasteiger partial charge in [-0.2, -0.15) is 0 Å². The molecule has 3 aromatic carbocycles. The van der Waals surface area contributed by atoms with Crippen LogP contribution in [0.2, 0.25) is 0 Å². The number of para-hydroxylation sites is 2. The SMILES string of the molecule is CCC.COc1ccccc1.Cc1ccc(OCC(=O)N2CCN(C(C)C3=Nc4ccccc4CN3C)CC2)cc1. The quantitative estimate of drug-likeness (QED) is 0.361. The summed E-state index contributed by atoms with van der Waals surface area (Å²) in [6.07, 6.45) is 1.25. The molecule has 3 aromatic rings. The van der Waals surface area contributed by atoms with Crippen molar-refractivity contribution in [2.75, 3.05) is 46.9 Å². The Morgan fingerprint density at radius 1 is 0.878 bits per heavy atom. The molecule has 0 bridgehead atoms. The predicted octanol–water partition coefficient (Wildman–Crippen LogP) is 6.19. The zero-order chi connectivity index (χ0) is 29.6. The second-order valence-electron chi connectivity index (χ2n) is 10.4. The highest BCUT2D eigenvalue weighted by Gasteiger charge is 2.29. The van der Waals surface area contributed by atoms with Crippen molar-refractivity contribution in [1.82, 2.24) is 14.7 Å². The molecule has 1 unspecified atom stereocenters. The Hall–Kier alpha value is -3.84. The number of fused-ring (bicyclic) bond motifs is 1. The van der Waals surface area contributed by atoms with Gasteiger partial charge in [0.15, 0.2) is 6.61 Å². The fourth-order valence-electron chi connectivity index (χ4n) is 4.66. The van der Waals surface area contributed by atoms with E-state index in [0.717, 1.165) is 42.7 Å². The zero-order valence-electron chi connectivity index (χ0n) is 25.5. The van der Waals surface area contributed by atoms with Gasteiger partial charge < -0.3 is 19.3 Å². The van der Waals surface area contributed by atoms with Crippen LogP contribution in [0.4, 0.5) is 5.69 Å². The maximum absolute atomic E-state index is 12.6. The summed E-state index contributed by atoms with van der Waals surface area (Å²) in [7, 11) is 3.77. The van der Waals surface area contributed by atoms with Crippen LogP contribution in [-0.2, 0) is 11.3 Å². The van der Waals surface area contributed by atoms with Crippen molar-refractivity contribution in [3.05, 3.63) is 90.0 Å². The molecule has 0 spiro atoms. The van der Waals surface area contributed by atoms with E-state index in [1.807, 2.05) is 72.5 Å². The number of amides is 1. The normalized spacial score (nSPS) is 15.2. The Labute approximate surface area is 246 Å². The number of amidine groups is 1. The van der Waals surface area contributed by atoms with Crippen molar-refractivity contribution in [1.29, 1.82) is 0 Å². The van der Waals surface area contributed by atoms with Crippen molar-refractivity contribution >= 4 is 17.4 Å². The third-order valence-electron chi connectivity index (χ3n) is 6.98. The fraction of sp³-hybridized carbons (Fsp3) is 0.412. The van der Waals surface area contributed by atoms with Gasteiger partial charge in [-0.1, -0.05) is 74.4 Å². The van der Waals surface area contributed by atoms with Crippen LogP contribution in [0.15, 0.2) is 83.9 Å². The van der Waals surface area contributed by atoms with E-state index in [-0.39, 0.29) is 18.6 Å². The molecule has 2 heterocycles. The van der Waals surface area contributed by atoms with Crippen molar-refractivity contribution in [2.24, 2.45) is 4.99 Å². The van der Waals surface area contributed by atoms with Crippen LogP contribution < -0.4 is 9.47 Å². The number of hydrogen-bond acceptors (Lipinski definition) is 6. The molecule has 0 aromatic heterocycles. The number of methoxy groups -OCH3 is 1. The number of carbonyl (C=O) groups is 1. The Morgan fingerprint density at radius 3 is 2.10 bits per heavy atom. The molecule has 7 heteroatoms. The lowest BCUT2D eigenvalue weighted by Crippen LogP contribution is -2.55. The number of rotatable bonds is 6. The summed E-state index contributed by atoms with van der Waals surface area (Å²) >= 11 is 0. The second-order valence-corrected chi connectivity index (χ2v) is 10.4. The molecule has 1 atom stereocenters. The number of likely N-dealkylation sites (N-methyl/N-ethyl adjacent to an activating group) is 1. The lowest BCUT2D eigenvalue weighted by Gasteiger charge is -2.40. The summed E-state index contributed by atoms with van der Waals surface area (Å²) in [5.41, 5.74) is 3.51. The van der Waals surface area contributed by atoms with Crippen LogP contribution in [0.5, 0.6) is 11.5 Å². The maximum atomic E-state index is 12.6. The van der Waals surface area contributed by atoms with E-state index in [2.05, 4.69) is 55.8 Å². The fourth-order valence-corrected chi connectivity index (χ4v) is 4.66. The summed E-state index contributed by atoms with van der Waals surface area (Å²) in [5.74, 6) is 2.78. The van der Waals surface area contributed by atoms with E-state index in [1.165, 1.54) is 17.5 Å². The standard InChI is InChI=1S/C24H30N4O2.C7H8O.C3H8/c1-18-8-10-21(11-9-18)30-17-23(29)28-14-12-27(13-15-28)19(2)24-25-22-7-5-4-6-20(22)16-26(24)3;1-8-7-5-3-2-4-6-7;1-3-2/h4-11,19H,12-17H2,1-3H3;2-6H,1H3;3H2,1-2H3. The molecule has 41 heavy (non-hydrogen) atoms. The van der Waals surface area contributed by atoms with Crippen LogP contribution in [0.3, 0.4) is 0 Å². The van der Waals surface area contributed by atoms with Gasteiger partial charge in [-0.3, -0.25) is 9.69 Å². The molecule has 220 valence electrons. The average molecular weight is 559 g/mol. The third-order valence-corrected chi connectivity index (χ3v) is 6.98. The van der Waals surface area contributed by atoms with Crippen molar-refractivity contribution in [3.63, 3.8) is 0 Å². The van der Waals surface area contributed by atoms with Crippen molar-refractivity contribution in [3.8, 4) is 11.5 Å². The van der Waals surface area contributed by atoms with E-state index < -0.39 is 0 Å². The number of benzene rings is 3. The van der Waals surface area contributed by atoms with E-state index in [1.54, 1.807) is 7.11 Å². The first-order valence-electron chi connectivity index (χ1n) is 14.5. The van der Waals surface area contributed by atoms with Gasteiger partial charge in [0, 0.05) is 39.8 Å². The highest BCUT2D eigenvalue weighted by atomic mass is 16.5. The molecule has 2 aliphatic rings.